The number of para-hydroxylation sites is 1. The van der Waals surface area contributed by atoms with Crippen LogP contribution >= 0.6 is 0 Å². The predicted octanol–water partition coefficient (Wildman–Crippen LogP) is 11.8. The van der Waals surface area contributed by atoms with E-state index in [9.17, 15) is 0 Å². The molecule has 0 saturated heterocycles. The molecule has 0 atom stereocenters. The molecule has 3 heterocycles. The molecule has 0 radical (unpaired) electrons. The molecular weight excluding hydrogens is 597 g/mol. The summed E-state index contributed by atoms with van der Waals surface area (Å²) < 4.78 is 0. The molecule has 4 heteroatoms. The van der Waals surface area contributed by atoms with Crippen molar-refractivity contribution >= 4 is 49.5 Å². The number of fused-ring (bicyclic) bond motifs is 5. The summed E-state index contributed by atoms with van der Waals surface area (Å²) in [6.45, 7) is 0. The maximum Gasteiger partial charge on any atom is 0.160 e. The highest BCUT2D eigenvalue weighted by molar-refractivity contribution is 6.19. The summed E-state index contributed by atoms with van der Waals surface area (Å²) in [7, 11) is 0. The molecule has 1 aliphatic heterocycles. The van der Waals surface area contributed by atoms with Crippen LogP contribution in [-0.2, 0) is 0 Å². The third-order valence-electron chi connectivity index (χ3n) is 9.65. The lowest BCUT2D eigenvalue weighted by Crippen LogP contribution is -2.15. The molecule has 1 aliphatic rings. The van der Waals surface area contributed by atoms with E-state index in [0.717, 1.165) is 44.7 Å². The first-order valence-electron chi connectivity index (χ1n) is 16.5. The van der Waals surface area contributed by atoms with Crippen LogP contribution in [0.4, 0.5) is 17.1 Å². The second kappa shape index (κ2) is 11.0. The quantitative estimate of drug-likeness (QED) is 0.195. The Hall–Kier alpha value is -6.65. The van der Waals surface area contributed by atoms with E-state index in [2.05, 4.69) is 143 Å². The lowest BCUT2D eigenvalue weighted by atomic mass is 9.87. The van der Waals surface area contributed by atoms with Crippen molar-refractivity contribution in [3.05, 3.63) is 170 Å². The van der Waals surface area contributed by atoms with Crippen LogP contribution < -0.4 is 4.90 Å². The molecule has 0 spiro atoms. The molecular formula is C45H28N4. The van der Waals surface area contributed by atoms with Crippen molar-refractivity contribution in [2.75, 3.05) is 4.90 Å². The minimum atomic E-state index is 0.700. The highest BCUT2D eigenvalue weighted by Gasteiger charge is 2.27. The molecule has 0 amide bonds. The second-order valence-electron chi connectivity index (χ2n) is 12.4. The molecule has 2 aromatic heterocycles. The van der Waals surface area contributed by atoms with Crippen LogP contribution in [0.5, 0.6) is 0 Å². The molecule has 0 aliphatic carbocycles. The smallest absolute Gasteiger partial charge is 0.160 e. The van der Waals surface area contributed by atoms with E-state index < -0.39 is 0 Å². The molecule has 0 unspecified atom stereocenters. The average molecular weight is 625 g/mol. The number of hydrogen-bond acceptors (Lipinski definition) is 4. The summed E-state index contributed by atoms with van der Waals surface area (Å²) in [6, 6.07) is 57.8. The maximum absolute atomic E-state index is 5.18. The van der Waals surface area contributed by atoms with Crippen molar-refractivity contribution in [1.29, 1.82) is 0 Å². The van der Waals surface area contributed by atoms with Crippen LogP contribution in [0.2, 0.25) is 0 Å². The van der Waals surface area contributed by atoms with Gasteiger partial charge in [-0.2, -0.15) is 0 Å². The monoisotopic (exact) mass is 624 g/mol. The Kier molecular flexibility index (Phi) is 6.15. The number of nitrogens with zero attached hydrogens (tertiary/aromatic N) is 4. The molecule has 228 valence electrons. The van der Waals surface area contributed by atoms with E-state index in [4.69, 9.17) is 9.97 Å². The van der Waals surface area contributed by atoms with E-state index in [1.54, 1.807) is 0 Å². The molecule has 4 nitrogen and oxygen atoms in total. The van der Waals surface area contributed by atoms with Gasteiger partial charge in [-0.3, -0.25) is 4.98 Å². The van der Waals surface area contributed by atoms with Crippen LogP contribution in [0.25, 0.3) is 77.5 Å². The van der Waals surface area contributed by atoms with Gasteiger partial charge in [0, 0.05) is 44.9 Å². The fraction of sp³-hybridized carbons (Fsp3) is 0. The zero-order chi connectivity index (χ0) is 32.3. The molecule has 49 heavy (non-hydrogen) atoms. The Morgan fingerprint density at radius 1 is 0.449 bits per heavy atom. The molecule has 0 N–H and O–H groups in total. The first-order chi connectivity index (χ1) is 24.3. The van der Waals surface area contributed by atoms with Crippen LogP contribution in [-0.4, -0.2) is 15.0 Å². The molecule has 9 aromatic rings. The number of aromatic nitrogens is 3. The van der Waals surface area contributed by atoms with E-state index >= 15 is 0 Å². The topological polar surface area (TPSA) is 41.9 Å². The summed E-state index contributed by atoms with van der Waals surface area (Å²) in [4.78, 5) is 17.1. The van der Waals surface area contributed by atoms with Gasteiger partial charge in [-0.25, -0.2) is 9.97 Å². The van der Waals surface area contributed by atoms with E-state index in [0.29, 0.717) is 5.82 Å². The van der Waals surface area contributed by atoms with Crippen molar-refractivity contribution in [1.82, 2.24) is 15.0 Å². The maximum atomic E-state index is 5.18. The van der Waals surface area contributed by atoms with Crippen molar-refractivity contribution in [2.45, 2.75) is 0 Å². The third kappa shape index (κ3) is 4.42. The molecule has 0 saturated carbocycles. The van der Waals surface area contributed by atoms with Crippen molar-refractivity contribution < 1.29 is 0 Å². The third-order valence-corrected chi connectivity index (χ3v) is 9.65. The first kappa shape index (κ1) is 27.5. The van der Waals surface area contributed by atoms with Crippen LogP contribution in [0.1, 0.15) is 0 Å². The van der Waals surface area contributed by atoms with Crippen LogP contribution in [0, 0.1) is 0 Å². The zero-order valence-electron chi connectivity index (χ0n) is 26.5. The number of anilines is 3. The normalized spacial score (nSPS) is 12.0. The average Bonchev–Trinajstić information content (AvgIpc) is 3.18. The standard InChI is InChI=1S/C45H28N4/c1-2-12-35-29(9-1)24-27-41-43(35)37-14-7-10-31-11-8-17-40(42(31)37)49(41)34-25-22-33(23-26-34)45-47-39-16-4-3-13-36(39)44(48-45)32-20-18-30(19-21-32)38-15-5-6-28-46-38/h1-28H. The van der Waals surface area contributed by atoms with Gasteiger partial charge >= 0.3 is 0 Å². The van der Waals surface area contributed by atoms with Gasteiger partial charge in [0.05, 0.1) is 28.3 Å². The van der Waals surface area contributed by atoms with Gasteiger partial charge in [0.1, 0.15) is 0 Å². The minimum absolute atomic E-state index is 0.700. The summed E-state index contributed by atoms with van der Waals surface area (Å²) in [6.07, 6.45) is 1.82. The summed E-state index contributed by atoms with van der Waals surface area (Å²) >= 11 is 0. The number of rotatable bonds is 4. The number of benzene rings is 7. The van der Waals surface area contributed by atoms with E-state index in [1.807, 2.05) is 36.5 Å². The van der Waals surface area contributed by atoms with Gasteiger partial charge in [0.25, 0.3) is 0 Å². The van der Waals surface area contributed by atoms with E-state index in [1.165, 1.54) is 44.0 Å². The fourth-order valence-corrected chi connectivity index (χ4v) is 7.37. The summed E-state index contributed by atoms with van der Waals surface area (Å²) in [5.41, 5.74) is 11.9. The van der Waals surface area contributed by atoms with Crippen LogP contribution in [0.15, 0.2) is 170 Å². The Bertz CT molecular complexity index is 2690. The van der Waals surface area contributed by atoms with E-state index in [-0.39, 0.29) is 0 Å². The second-order valence-corrected chi connectivity index (χ2v) is 12.4. The summed E-state index contributed by atoms with van der Waals surface area (Å²) in [5, 5.41) is 6.03. The van der Waals surface area contributed by atoms with Crippen molar-refractivity contribution in [2.24, 2.45) is 0 Å². The summed E-state index contributed by atoms with van der Waals surface area (Å²) in [5.74, 6) is 0.700. The van der Waals surface area contributed by atoms with Crippen LogP contribution in [0.3, 0.4) is 0 Å². The van der Waals surface area contributed by atoms with Gasteiger partial charge in [0.15, 0.2) is 5.82 Å². The van der Waals surface area contributed by atoms with Gasteiger partial charge in [-0.05, 0) is 76.3 Å². The Morgan fingerprint density at radius 2 is 1.16 bits per heavy atom. The highest BCUT2D eigenvalue weighted by atomic mass is 15.2. The Labute approximate surface area is 283 Å². The SMILES string of the molecule is c1ccc(-c2ccc(-c3nc(-c4ccc(N5c6ccc7ccccc7c6-c6cccc7cccc5c67)cc4)nc4ccccc34)cc2)nc1. The molecule has 10 rings (SSSR count). The predicted molar refractivity (Wildman–Crippen MR) is 202 cm³/mol. The van der Waals surface area contributed by atoms with Crippen molar-refractivity contribution in [3.8, 4) is 45.0 Å². The minimum Gasteiger partial charge on any atom is -0.309 e. The fourth-order valence-electron chi connectivity index (χ4n) is 7.37. The van der Waals surface area contributed by atoms with Gasteiger partial charge in [-0.1, -0.05) is 109 Å². The van der Waals surface area contributed by atoms with Gasteiger partial charge in [-0.15, -0.1) is 0 Å². The number of hydrogen-bond donors (Lipinski definition) is 0. The lowest BCUT2D eigenvalue weighted by molar-refractivity contribution is 1.22. The van der Waals surface area contributed by atoms with Gasteiger partial charge < -0.3 is 4.90 Å². The molecule has 0 bridgehead atoms. The Balaban J connectivity index is 1.09. The van der Waals surface area contributed by atoms with Gasteiger partial charge in [0.2, 0.25) is 0 Å². The lowest BCUT2D eigenvalue weighted by Gasteiger charge is -2.34. The highest BCUT2D eigenvalue weighted by Crippen LogP contribution is 2.53. The number of pyridine rings is 1. The molecule has 7 aromatic carbocycles. The molecule has 0 fully saturated rings. The Morgan fingerprint density at radius 3 is 2.00 bits per heavy atom. The zero-order valence-corrected chi connectivity index (χ0v) is 26.5. The largest absolute Gasteiger partial charge is 0.309 e. The first-order valence-corrected chi connectivity index (χ1v) is 16.5. The van der Waals surface area contributed by atoms with Crippen molar-refractivity contribution in [3.63, 3.8) is 0 Å².